The van der Waals surface area contributed by atoms with Crippen LogP contribution in [0.3, 0.4) is 0 Å². The number of Topliss-reactive ketones (excluding diaryl/α,β-unsaturated/α-hetero) is 1. The Labute approximate surface area is 92.5 Å². The van der Waals surface area contributed by atoms with E-state index in [4.69, 9.17) is 4.74 Å². The molecule has 0 saturated heterocycles. The predicted molar refractivity (Wildman–Crippen MR) is 56.6 cm³/mol. The largest absolute Gasteiger partial charge is 0.363 e. The molecular formula is C12H12F2O2. The lowest BCUT2D eigenvalue weighted by Crippen LogP contribution is -2.18. The summed E-state index contributed by atoms with van der Waals surface area (Å²) in [7, 11) is 0. The zero-order valence-electron chi connectivity index (χ0n) is 8.66. The van der Waals surface area contributed by atoms with Crippen molar-refractivity contribution in [3.63, 3.8) is 0 Å². The molecule has 0 saturated carbocycles. The Kier molecular flexibility index (Phi) is 4.79. The molecule has 0 aliphatic carbocycles. The van der Waals surface area contributed by atoms with E-state index in [2.05, 4.69) is 6.58 Å². The Morgan fingerprint density at radius 3 is 2.75 bits per heavy atom. The number of hydrogen-bond donors (Lipinski definition) is 0. The molecule has 1 rings (SSSR count). The fourth-order valence-corrected chi connectivity index (χ4v) is 1.12. The molecule has 1 atom stereocenters. The minimum Gasteiger partial charge on any atom is -0.363 e. The number of rotatable bonds is 6. The molecule has 0 N–H and O–H groups in total. The van der Waals surface area contributed by atoms with Crippen LogP contribution < -0.4 is 0 Å². The van der Waals surface area contributed by atoms with E-state index in [-0.39, 0.29) is 12.2 Å². The van der Waals surface area contributed by atoms with Gasteiger partial charge in [0.05, 0.1) is 5.56 Å². The molecule has 16 heavy (non-hydrogen) atoms. The Balaban J connectivity index is 2.59. The van der Waals surface area contributed by atoms with Crippen LogP contribution in [0, 0.1) is 5.82 Å². The minimum atomic E-state index is -0.823. The summed E-state index contributed by atoms with van der Waals surface area (Å²) >= 11 is 0. The highest BCUT2D eigenvalue weighted by Gasteiger charge is 2.13. The highest BCUT2D eigenvalue weighted by Crippen LogP contribution is 2.08. The molecule has 0 heterocycles. The summed E-state index contributed by atoms with van der Waals surface area (Å²) in [6, 6.07) is 5.59. The van der Waals surface area contributed by atoms with Crippen LogP contribution in [0.4, 0.5) is 8.78 Å². The topological polar surface area (TPSA) is 26.3 Å². The van der Waals surface area contributed by atoms with Crippen molar-refractivity contribution in [3.05, 3.63) is 48.3 Å². The highest BCUT2D eigenvalue weighted by atomic mass is 19.1. The number of ketones is 1. The van der Waals surface area contributed by atoms with Gasteiger partial charge in [0, 0.05) is 0 Å². The predicted octanol–water partition coefficient (Wildman–Crippen LogP) is 2.55. The van der Waals surface area contributed by atoms with Gasteiger partial charge in [-0.25, -0.2) is 8.78 Å². The summed E-state index contributed by atoms with van der Waals surface area (Å²) in [5.74, 6) is -1.12. The molecule has 0 aromatic heterocycles. The number of halogens is 2. The van der Waals surface area contributed by atoms with Gasteiger partial charge in [-0.15, -0.1) is 6.58 Å². The van der Waals surface area contributed by atoms with Gasteiger partial charge in [-0.05, 0) is 12.1 Å². The molecule has 0 fully saturated rings. The van der Waals surface area contributed by atoms with Gasteiger partial charge in [0.1, 0.15) is 25.2 Å². The summed E-state index contributed by atoms with van der Waals surface area (Å²) < 4.78 is 30.3. The fraction of sp³-hybridized carbons (Fsp3) is 0.250. The number of carbonyl (C=O) groups is 1. The lowest BCUT2D eigenvalue weighted by molar-refractivity contribution is 0.0534. The van der Waals surface area contributed by atoms with Crippen molar-refractivity contribution in [3.8, 4) is 0 Å². The van der Waals surface area contributed by atoms with Crippen LogP contribution in [0.2, 0.25) is 0 Å². The van der Waals surface area contributed by atoms with Crippen LogP contribution >= 0.6 is 0 Å². The molecule has 2 nitrogen and oxygen atoms in total. The van der Waals surface area contributed by atoms with Gasteiger partial charge in [0.15, 0.2) is 5.78 Å². The van der Waals surface area contributed by atoms with E-state index in [0.29, 0.717) is 0 Å². The lowest BCUT2D eigenvalue weighted by Gasteiger charge is -2.09. The number of alkyl halides is 1. The maximum atomic E-state index is 13.2. The fourth-order valence-electron chi connectivity index (χ4n) is 1.12. The third kappa shape index (κ3) is 3.24. The average Bonchev–Trinajstić information content (AvgIpc) is 2.30. The van der Waals surface area contributed by atoms with E-state index in [0.717, 1.165) is 0 Å². The van der Waals surface area contributed by atoms with Gasteiger partial charge < -0.3 is 4.74 Å². The average molecular weight is 226 g/mol. The first-order chi connectivity index (χ1) is 7.69. The van der Waals surface area contributed by atoms with E-state index in [1.54, 1.807) is 6.07 Å². The second kappa shape index (κ2) is 6.12. The molecule has 0 radical (unpaired) electrons. The van der Waals surface area contributed by atoms with Crippen LogP contribution in [-0.4, -0.2) is 25.2 Å². The molecule has 1 unspecified atom stereocenters. The standard InChI is InChI=1S/C12H12F2O2/c1-2-9(7-13)16-8-12(15)10-5-3-4-6-11(10)14/h2-6,9H,1,7-8H2. The first kappa shape index (κ1) is 12.5. The number of ether oxygens (including phenoxy) is 1. The van der Waals surface area contributed by atoms with Gasteiger partial charge in [-0.1, -0.05) is 18.2 Å². The van der Waals surface area contributed by atoms with E-state index < -0.39 is 24.4 Å². The van der Waals surface area contributed by atoms with Crippen LogP contribution in [0.15, 0.2) is 36.9 Å². The van der Waals surface area contributed by atoms with Crippen molar-refractivity contribution >= 4 is 5.78 Å². The molecule has 0 spiro atoms. The summed E-state index contributed by atoms with van der Waals surface area (Å²) in [6.07, 6.45) is 0.435. The number of hydrogen-bond acceptors (Lipinski definition) is 2. The third-order valence-corrected chi connectivity index (χ3v) is 2.02. The second-order valence-corrected chi connectivity index (χ2v) is 3.14. The molecule has 0 aliphatic rings. The van der Waals surface area contributed by atoms with Crippen molar-refractivity contribution < 1.29 is 18.3 Å². The number of benzene rings is 1. The molecule has 0 bridgehead atoms. The Morgan fingerprint density at radius 2 is 2.19 bits per heavy atom. The van der Waals surface area contributed by atoms with E-state index in [9.17, 15) is 13.6 Å². The quantitative estimate of drug-likeness (QED) is 0.550. The molecule has 4 heteroatoms. The minimum absolute atomic E-state index is 0.0517. The van der Waals surface area contributed by atoms with Crippen LogP contribution in [-0.2, 0) is 4.74 Å². The summed E-state index contributed by atoms with van der Waals surface area (Å²) in [6.45, 7) is 2.23. The molecule has 0 aliphatic heterocycles. The van der Waals surface area contributed by atoms with Crippen molar-refractivity contribution in [1.82, 2.24) is 0 Å². The van der Waals surface area contributed by atoms with Gasteiger partial charge in [-0.2, -0.15) is 0 Å². The SMILES string of the molecule is C=CC(CF)OCC(=O)c1ccccc1F. The van der Waals surface area contributed by atoms with Gasteiger partial charge in [-0.3, -0.25) is 4.79 Å². The molecule has 0 amide bonds. The number of carbonyl (C=O) groups excluding carboxylic acids is 1. The molecular weight excluding hydrogens is 214 g/mol. The molecule has 86 valence electrons. The summed E-state index contributed by atoms with van der Waals surface area (Å²) in [5, 5.41) is 0. The Bertz CT molecular complexity index is 377. The van der Waals surface area contributed by atoms with E-state index in [1.807, 2.05) is 0 Å². The van der Waals surface area contributed by atoms with Crippen molar-refractivity contribution in [2.24, 2.45) is 0 Å². The highest BCUT2D eigenvalue weighted by molar-refractivity contribution is 5.97. The third-order valence-electron chi connectivity index (χ3n) is 2.02. The van der Waals surface area contributed by atoms with Gasteiger partial charge >= 0.3 is 0 Å². The summed E-state index contributed by atoms with van der Waals surface area (Å²) in [4.78, 5) is 11.5. The summed E-state index contributed by atoms with van der Waals surface area (Å²) in [5.41, 5.74) is -0.0517. The van der Waals surface area contributed by atoms with Crippen LogP contribution in [0.1, 0.15) is 10.4 Å². The van der Waals surface area contributed by atoms with Crippen molar-refractivity contribution in [1.29, 1.82) is 0 Å². The van der Waals surface area contributed by atoms with Crippen molar-refractivity contribution in [2.75, 3.05) is 13.3 Å². The maximum absolute atomic E-state index is 13.2. The zero-order valence-corrected chi connectivity index (χ0v) is 8.66. The first-order valence-electron chi connectivity index (χ1n) is 4.77. The van der Waals surface area contributed by atoms with Gasteiger partial charge in [0.25, 0.3) is 0 Å². The second-order valence-electron chi connectivity index (χ2n) is 3.14. The molecule has 1 aromatic carbocycles. The maximum Gasteiger partial charge on any atom is 0.191 e. The Hall–Kier alpha value is -1.55. The van der Waals surface area contributed by atoms with E-state index >= 15 is 0 Å². The normalized spacial score (nSPS) is 12.1. The van der Waals surface area contributed by atoms with Gasteiger partial charge in [0.2, 0.25) is 0 Å². The van der Waals surface area contributed by atoms with Crippen LogP contribution in [0.25, 0.3) is 0 Å². The van der Waals surface area contributed by atoms with E-state index in [1.165, 1.54) is 24.3 Å². The molecule has 1 aromatic rings. The lowest BCUT2D eigenvalue weighted by atomic mass is 10.1. The zero-order chi connectivity index (χ0) is 12.0. The Morgan fingerprint density at radius 1 is 1.50 bits per heavy atom. The van der Waals surface area contributed by atoms with Crippen molar-refractivity contribution in [2.45, 2.75) is 6.10 Å². The van der Waals surface area contributed by atoms with Crippen LogP contribution in [0.5, 0.6) is 0 Å². The smallest absolute Gasteiger partial charge is 0.191 e. The monoisotopic (exact) mass is 226 g/mol. The first-order valence-corrected chi connectivity index (χ1v) is 4.77.